The number of hydrogen-bond donors (Lipinski definition) is 2. The molecule has 1 fully saturated rings. The predicted molar refractivity (Wildman–Crippen MR) is 107 cm³/mol. The molecule has 3 aliphatic carbocycles. The highest BCUT2D eigenvalue weighted by Crippen LogP contribution is 2.75. The average molecular weight is 526 g/mol. The van der Waals surface area contributed by atoms with E-state index in [1.54, 1.807) is 0 Å². The van der Waals surface area contributed by atoms with Gasteiger partial charge in [0.2, 0.25) is 0 Å². The lowest BCUT2D eigenvalue weighted by atomic mass is 9.65. The van der Waals surface area contributed by atoms with Crippen LogP contribution in [0.3, 0.4) is 0 Å². The molecule has 3 rings (SSSR count). The van der Waals surface area contributed by atoms with Crippen LogP contribution in [0, 0.1) is 0 Å². The average Bonchev–Trinajstić information content (AvgIpc) is 2.47. The van der Waals surface area contributed by atoms with Gasteiger partial charge in [-0.2, -0.15) is 0 Å². The van der Waals surface area contributed by atoms with Gasteiger partial charge in [0.25, 0.3) is 0 Å². The zero-order chi connectivity index (χ0) is 19.3. The van der Waals surface area contributed by atoms with Crippen molar-refractivity contribution in [3.05, 3.63) is 47.3 Å². The molecule has 0 amide bonds. The van der Waals surface area contributed by atoms with E-state index in [0.717, 1.165) is 0 Å². The monoisotopic (exact) mass is 522 g/mol. The fourth-order valence-electron chi connectivity index (χ4n) is 3.15. The van der Waals surface area contributed by atoms with Crippen molar-refractivity contribution in [3.63, 3.8) is 0 Å². The topological polar surface area (TPSA) is 40.5 Å². The molecule has 1 saturated carbocycles. The van der Waals surface area contributed by atoms with Crippen molar-refractivity contribution < 1.29 is 10.2 Å². The van der Waals surface area contributed by atoms with Crippen LogP contribution < -0.4 is 0 Å². The summed E-state index contributed by atoms with van der Waals surface area (Å²) in [4.78, 5) is -3.91. The fourth-order valence-corrected chi connectivity index (χ4v) is 6.84. The van der Waals surface area contributed by atoms with E-state index in [2.05, 4.69) is 0 Å². The van der Waals surface area contributed by atoms with Crippen molar-refractivity contribution in [3.8, 4) is 0 Å². The van der Waals surface area contributed by atoms with E-state index < -0.39 is 27.8 Å². The van der Waals surface area contributed by atoms with Gasteiger partial charge in [0, 0.05) is 11.1 Å². The minimum absolute atomic E-state index is 0.148. The summed E-state index contributed by atoms with van der Waals surface area (Å²) in [7, 11) is 0. The first kappa shape index (κ1) is 21.0. The van der Waals surface area contributed by atoms with Gasteiger partial charge in [0.1, 0.15) is 15.5 Å². The maximum Gasteiger partial charge on any atom is 0.200 e. The van der Waals surface area contributed by atoms with Gasteiger partial charge in [-0.05, 0) is 6.08 Å². The fraction of sp³-hybridized carbons (Fsp3) is 0.429. The molecule has 3 unspecified atom stereocenters. The molecule has 0 aliphatic heterocycles. The molecular formula is C14H7Cl9O2. The lowest BCUT2D eigenvalue weighted by Gasteiger charge is -2.63. The Kier molecular flexibility index (Phi) is 4.79. The van der Waals surface area contributed by atoms with Crippen LogP contribution in [0.2, 0.25) is 0 Å². The zero-order valence-corrected chi connectivity index (χ0v) is 18.5. The van der Waals surface area contributed by atoms with E-state index in [-0.39, 0.29) is 16.9 Å². The van der Waals surface area contributed by atoms with E-state index in [1.807, 2.05) is 0 Å². The molecule has 3 atom stereocenters. The number of hydrogen-bond acceptors (Lipinski definition) is 2. The Balaban J connectivity index is 2.45. The SMILES string of the molecule is OC1=CC=CC2(Cl)C1=CC=C1C(O)(Cl)C(Cl)(Cl)C(Cl)(Cl)C(Cl)(Cl)C12Cl. The summed E-state index contributed by atoms with van der Waals surface area (Å²) in [6.07, 6.45) is 6.87. The van der Waals surface area contributed by atoms with E-state index in [0.29, 0.717) is 0 Å². The third-order valence-corrected chi connectivity index (χ3v) is 11.1. The third kappa shape index (κ3) is 2.14. The molecule has 0 saturated heterocycles. The Morgan fingerprint density at radius 3 is 1.84 bits per heavy atom. The second-order valence-electron chi connectivity index (χ2n) is 5.79. The summed E-state index contributed by atoms with van der Waals surface area (Å²) in [5, 5.41) is 18.5. The highest BCUT2D eigenvalue weighted by molar-refractivity contribution is 6.74. The number of rotatable bonds is 0. The Hall–Kier alpha value is 1.33. The second kappa shape index (κ2) is 5.69. The Bertz CT molecular complexity index is 777. The first-order valence-electron chi connectivity index (χ1n) is 6.55. The molecule has 0 spiro atoms. The van der Waals surface area contributed by atoms with E-state index in [9.17, 15) is 10.2 Å². The highest BCUT2D eigenvalue weighted by atomic mass is 35.5. The molecular weight excluding hydrogens is 519 g/mol. The molecule has 138 valence electrons. The van der Waals surface area contributed by atoms with Crippen LogP contribution in [-0.4, -0.2) is 38.0 Å². The van der Waals surface area contributed by atoms with Gasteiger partial charge in [-0.15, -0.1) is 23.2 Å². The highest BCUT2D eigenvalue weighted by Gasteiger charge is 2.85. The Labute approximate surface area is 188 Å². The zero-order valence-electron chi connectivity index (χ0n) is 11.7. The molecule has 0 aromatic carbocycles. The molecule has 3 aliphatic rings. The first-order chi connectivity index (χ1) is 11.1. The van der Waals surface area contributed by atoms with E-state index >= 15 is 0 Å². The van der Waals surface area contributed by atoms with Crippen LogP contribution >= 0.6 is 104 Å². The van der Waals surface area contributed by atoms with Crippen molar-refractivity contribution in [2.75, 3.05) is 0 Å². The van der Waals surface area contributed by atoms with Crippen LogP contribution in [0.4, 0.5) is 0 Å². The van der Waals surface area contributed by atoms with Crippen LogP contribution in [0.1, 0.15) is 0 Å². The molecule has 2 nitrogen and oxygen atoms in total. The third-order valence-electron chi connectivity index (χ3n) is 4.53. The van der Waals surface area contributed by atoms with Crippen molar-refractivity contribution in [1.29, 1.82) is 0 Å². The number of aliphatic hydroxyl groups is 2. The summed E-state index contributed by atoms with van der Waals surface area (Å²) in [6, 6.07) is 0. The maximum atomic E-state index is 10.9. The number of fused-ring (bicyclic) bond motifs is 3. The lowest BCUT2D eigenvalue weighted by molar-refractivity contribution is 0.100. The van der Waals surface area contributed by atoms with Gasteiger partial charge < -0.3 is 10.2 Å². The van der Waals surface area contributed by atoms with Crippen LogP contribution in [0.15, 0.2) is 47.3 Å². The smallest absolute Gasteiger partial charge is 0.200 e. The van der Waals surface area contributed by atoms with Gasteiger partial charge in [0.15, 0.2) is 18.1 Å². The van der Waals surface area contributed by atoms with Gasteiger partial charge in [0.05, 0.1) is 0 Å². The van der Waals surface area contributed by atoms with Crippen LogP contribution in [-0.2, 0) is 0 Å². The number of aliphatic hydroxyl groups excluding tert-OH is 1. The minimum atomic E-state index is -2.59. The largest absolute Gasteiger partial charge is 0.508 e. The van der Waals surface area contributed by atoms with E-state index in [1.165, 1.54) is 30.4 Å². The summed E-state index contributed by atoms with van der Waals surface area (Å²) in [5.74, 6) is -0.196. The summed E-state index contributed by atoms with van der Waals surface area (Å²) >= 11 is 57.7. The molecule has 0 bridgehead atoms. The molecule has 2 N–H and O–H groups in total. The molecule has 25 heavy (non-hydrogen) atoms. The van der Waals surface area contributed by atoms with Crippen molar-refractivity contribution in [2.45, 2.75) is 27.8 Å². The van der Waals surface area contributed by atoms with Crippen LogP contribution in [0.5, 0.6) is 0 Å². The van der Waals surface area contributed by atoms with Gasteiger partial charge in [-0.3, -0.25) is 0 Å². The molecule has 0 aromatic rings. The number of allylic oxidation sites excluding steroid dienone is 6. The Morgan fingerprint density at radius 1 is 0.720 bits per heavy atom. The van der Waals surface area contributed by atoms with Gasteiger partial charge in [-0.25, -0.2) is 0 Å². The lowest BCUT2D eigenvalue weighted by Crippen LogP contribution is -2.78. The quantitative estimate of drug-likeness (QED) is 0.365. The van der Waals surface area contributed by atoms with Crippen LogP contribution in [0.25, 0.3) is 0 Å². The standard InChI is InChI=1S/C14H7Cl9O2/c15-9-5-1-2-7(24)6(9)3-4-8-10(9,16)12(18,19)14(22,23)13(20,21)11(8,17)25/h1-5,24-25H. The summed E-state index contributed by atoms with van der Waals surface area (Å²) < 4.78 is -7.34. The Morgan fingerprint density at radius 2 is 1.28 bits per heavy atom. The van der Waals surface area contributed by atoms with Crippen molar-refractivity contribution in [2.24, 2.45) is 0 Å². The van der Waals surface area contributed by atoms with Gasteiger partial charge >= 0.3 is 0 Å². The molecule has 0 heterocycles. The molecule has 0 radical (unpaired) electrons. The van der Waals surface area contributed by atoms with Crippen molar-refractivity contribution in [1.82, 2.24) is 0 Å². The summed E-state index contributed by atoms with van der Waals surface area (Å²) in [6.45, 7) is 0. The maximum absolute atomic E-state index is 10.9. The van der Waals surface area contributed by atoms with Crippen molar-refractivity contribution >= 4 is 104 Å². The number of halogens is 9. The molecule has 0 aromatic heterocycles. The van der Waals surface area contributed by atoms with E-state index in [4.69, 9.17) is 104 Å². The first-order valence-corrected chi connectivity index (χ1v) is 9.95. The minimum Gasteiger partial charge on any atom is -0.508 e. The van der Waals surface area contributed by atoms with Gasteiger partial charge in [-0.1, -0.05) is 106 Å². The second-order valence-corrected chi connectivity index (χ2v) is 11.5. The molecule has 11 heteroatoms. The number of alkyl halides is 9. The predicted octanol–water partition coefficient (Wildman–Crippen LogP) is 6.28. The summed E-state index contributed by atoms with van der Waals surface area (Å²) in [5.41, 5.74) is -0.0808. The normalized spacial score (nSPS) is 43.4.